The van der Waals surface area contributed by atoms with Gasteiger partial charge in [0.25, 0.3) is 0 Å². The first-order chi connectivity index (χ1) is 8.62. The predicted octanol–water partition coefficient (Wildman–Crippen LogP) is 2.27. The van der Waals surface area contributed by atoms with E-state index in [0.717, 1.165) is 55.7 Å². The summed E-state index contributed by atoms with van der Waals surface area (Å²) in [6.07, 6.45) is 3.08. The van der Waals surface area contributed by atoms with Crippen molar-refractivity contribution in [3.05, 3.63) is 15.9 Å². The number of nitrogens with two attached hydrogens (primary N) is 1. The van der Waals surface area contributed by atoms with E-state index in [1.54, 1.807) is 0 Å². The highest BCUT2D eigenvalue weighted by atomic mass is 79.9. The number of hydrogen-bond acceptors (Lipinski definition) is 3. The Kier molecular flexibility index (Phi) is 4.45. The third-order valence-electron chi connectivity index (χ3n) is 3.98. The largest absolute Gasteiger partial charge is 0.381 e. The second-order valence-electron chi connectivity index (χ2n) is 5.16. The molecule has 102 valence electrons. The molecule has 0 amide bonds. The highest BCUT2D eigenvalue weighted by molar-refractivity contribution is 9.10. The molecule has 1 aromatic rings. The van der Waals surface area contributed by atoms with Crippen molar-refractivity contribution in [3.8, 4) is 0 Å². The quantitative estimate of drug-likeness (QED) is 0.927. The summed E-state index contributed by atoms with van der Waals surface area (Å²) in [7, 11) is 0. The van der Waals surface area contributed by atoms with Gasteiger partial charge in [0, 0.05) is 19.8 Å². The van der Waals surface area contributed by atoms with Crippen molar-refractivity contribution in [2.45, 2.75) is 39.7 Å². The summed E-state index contributed by atoms with van der Waals surface area (Å²) in [6, 6.07) is 0. The van der Waals surface area contributed by atoms with Gasteiger partial charge in [-0.1, -0.05) is 0 Å². The van der Waals surface area contributed by atoms with Gasteiger partial charge in [0.15, 0.2) is 0 Å². The van der Waals surface area contributed by atoms with E-state index < -0.39 is 0 Å². The Balaban J connectivity index is 2.26. The van der Waals surface area contributed by atoms with Crippen molar-refractivity contribution in [3.63, 3.8) is 0 Å². The van der Waals surface area contributed by atoms with Crippen molar-refractivity contribution < 1.29 is 4.74 Å². The number of ether oxygens (including phenoxy) is 1. The van der Waals surface area contributed by atoms with Crippen LogP contribution < -0.4 is 5.73 Å². The monoisotopic (exact) mass is 315 g/mol. The number of halogens is 1. The van der Waals surface area contributed by atoms with Crippen LogP contribution in [-0.2, 0) is 17.7 Å². The topological polar surface area (TPSA) is 53.1 Å². The minimum atomic E-state index is 0.181. The molecule has 18 heavy (non-hydrogen) atoms. The molecule has 0 aliphatic carbocycles. The molecule has 0 spiro atoms. The standard InChI is InChI=1S/C13H22BrN3O/c1-3-17-11(12(14)10(2)16-17)8-13(9-15)4-6-18-7-5-13/h3-9,15H2,1-2H3. The summed E-state index contributed by atoms with van der Waals surface area (Å²) in [4.78, 5) is 0. The van der Waals surface area contributed by atoms with E-state index in [0.29, 0.717) is 0 Å². The zero-order valence-electron chi connectivity index (χ0n) is 11.2. The van der Waals surface area contributed by atoms with Crippen LogP contribution in [0.1, 0.15) is 31.2 Å². The highest BCUT2D eigenvalue weighted by Crippen LogP contribution is 2.36. The van der Waals surface area contributed by atoms with Gasteiger partial charge in [-0.15, -0.1) is 0 Å². The van der Waals surface area contributed by atoms with Gasteiger partial charge in [-0.05, 0) is 61.0 Å². The fraction of sp³-hybridized carbons (Fsp3) is 0.769. The average Bonchev–Trinajstić information content (AvgIpc) is 2.67. The van der Waals surface area contributed by atoms with Gasteiger partial charge in [0.1, 0.15) is 0 Å². The molecule has 5 heteroatoms. The Bertz CT molecular complexity index is 411. The molecule has 0 aromatic carbocycles. The normalized spacial score (nSPS) is 19.1. The number of hydrogen-bond donors (Lipinski definition) is 1. The van der Waals surface area contributed by atoms with Crippen LogP contribution in [0.5, 0.6) is 0 Å². The third-order valence-corrected chi connectivity index (χ3v) is 5.01. The molecule has 4 nitrogen and oxygen atoms in total. The molecule has 1 aliphatic rings. The fourth-order valence-electron chi connectivity index (χ4n) is 2.65. The molecule has 1 aliphatic heterocycles. The van der Waals surface area contributed by atoms with Gasteiger partial charge in [-0.2, -0.15) is 5.10 Å². The minimum absolute atomic E-state index is 0.181. The maximum Gasteiger partial charge on any atom is 0.0738 e. The first kappa shape index (κ1) is 14.0. The van der Waals surface area contributed by atoms with Gasteiger partial charge < -0.3 is 10.5 Å². The molecule has 0 unspecified atom stereocenters. The summed E-state index contributed by atoms with van der Waals surface area (Å²) in [5.74, 6) is 0. The molecule has 1 saturated heterocycles. The molecule has 0 radical (unpaired) electrons. The van der Waals surface area contributed by atoms with Gasteiger partial charge in [-0.25, -0.2) is 0 Å². The molecule has 2 N–H and O–H groups in total. The predicted molar refractivity (Wildman–Crippen MR) is 75.6 cm³/mol. The lowest BCUT2D eigenvalue weighted by atomic mass is 9.76. The van der Waals surface area contributed by atoms with Crippen molar-refractivity contribution in [1.29, 1.82) is 0 Å². The molecule has 2 rings (SSSR count). The van der Waals surface area contributed by atoms with E-state index in [4.69, 9.17) is 10.5 Å². The van der Waals surface area contributed by atoms with Crippen LogP contribution in [0.2, 0.25) is 0 Å². The summed E-state index contributed by atoms with van der Waals surface area (Å²) >= 11 is 3.67. The van der Waals surface area contributed by atoms with Crippen molar-refractivity contribution in [1.82, 2.24) is 9.78 Å². The minimum Gasteiger partial charge on any atom is -0.381 e. The summed E-state index contributed by atoms with van der Waals surface area (Å²) < 4.78 is 8.70. The summed E-state index contributed by atoms with van der Waals surface area (Å²) in [6.45, 7) is 7.44. The van der Waals surface area contributed by atoms with E-state index in [2.05, 4.69) is 32.6 Å². The van der Waals surface area contributed by atoms with Crippen LogP contribution in [0, 0.1) is 12.3 Å². The lowest BCUT2D eigenvalue weighted by Crippen LogP contribution is -2.39. The molecule has 0 saturated carbocycles. The number of rotatable bonds is 4. The average molecular weight is 316 g/mol. The van der Waals surface area contributed by atoms with Crippen molar-refractivity contribution in [2.24, 2.45) is 11.1 Å². The Morgan fingerprint density at radius 2 is 2.11 bits per heavy atom. The summed E-state index contributed by atoms with van der Waals surface area (Å²) in [5, 5.41) is 4.56. The first-order valence-electron chi connectivity index (χ1n) is 6.61. The van der Waals surface area contributed by atoms with Crippen LogP contribution in [0.25, 0.3) is 0 Å². The second kappa shape index (κ2) is 5.72. The summed E-state index contributed by atoms with van der Waals surface area (Å²) in [5.41, 5.74) is 8.56. The van der Waals surface area contributed by atoms with Crippen LogP contribution in [0.4, 0.5) is 0 Å². The number of nitrogens with zero attached hydrogens (tertiary/aromatic N) is 2. The zero-order chi connectivity index (χ0) is 13.2. The number of aryl methyl sites for hydroxylation is 2. The van der Waals surface area contributed by atoms with E-state index in [1.165, 1.54) is 5.69 Å². The first-order valence-corrected chi connectivity index (χ1v) is 7.41. The Morgan fingerprint density at radius 3 is 2.67 bits per heavy atom. The Labute approximate surface area is 117 Å². The molecular weight excluding hydrogens is 294 g/mol. The maximum absolute atomic E-state index is 6.03. The highest BCUT2D eigenvalue weighted by Gasteiger charge is 2.33. The van der Waals surface area contributed by atoms with Crippen molar-refractivity contribution in [2.75, 3.05) is 19.8 Å². The SMILES string of the molecule is CCn1nc(C)c(Br)c1CC1(CN)CCOCC1. The van der Waals surface area contributed by atoms with Crippen LogP contribution in [0.3, 0.4) is 0 Å². The second-order valence-corrected chi connectivity index (χ2v) is 5.95. The lowest BCUT2D eigenvalue weighted by Gasteiger charge is -2.36. The van der Waals surface area contributed by atoms with Crippen LogP contribution in [-0.4, -0.2) is 29.5 Å². The molecular formula is C13H22BrN3O. The van der Waals surface area contributed by atoms with Gasteiger partial charge in [-0.3, -0.25) is 4.68 Å². The molecule has 1 fully saturated rings. The zero-order valence-corrected chi connectivity index (χ0v) is 12.8. The van der Waals surface area contributed by atoms with E-state index in [9.17, 15) is 0 Å². The van der Waals surface area contributed by atoms with Crippen LogP contribution in [0.15, 0.2) is 4.47 Å². The molecule has 2 heterocycles. The van der Waals surface area contributed by atoms with E-state index >= 15 is 0 Å². The lowest BCUT2D eigenvalue weighted by molar-refractivity contribution is 0.0181. The van der Waals surface area contributed by atoms with Crippen molar-refractivity contribution >= 4 is 15.9 Å². The van der Waals surface area contributed by atoms with Gasteiger partial charge in [0.2, 0.25) is 0 Å². The maximum atomic E-state index is 6.03. The Morgan fingerprint density at radius 1 is 1.44 bits per heavy atom. The molecule has 1 aromatic heterocycles. The van der Waals surface area contributed by atoms with E-state index in [-0.39, 0.29) is 5.41 Å². The third kappa shape index (κ3) is 2.63. The van der Waals surface area contributed by atoms with Gasteiger partial charge >= 0.3 is 0 Å². The van der Waals surface area contributed by atoms with Gasteiger partial charge in [0.05, 0.1) is 15.9 Å². The Hall–Kier alpha value is -0.390. The molecule has 0 bridgehead atoms. The van der Waals surface area contributed by atoms with Crippen LogP contribution >= 0.6 is 15.9 Å². The fourth-order valence-corrected chi connectivity index (χ4v) is 3.07. The molecule has 0 atom stereocenters. The number of aromatic nitrogens is 2. The smallest absolute Gasteiger partial charge is 0.0738 e. The van der Waals surface area contributed by atoms with E-state index in [1.807, 2.05) is 6.92 Å².